The third kappa shape index (κ3) is 3.26. The third-order valence-corrected chi connectivity index (χ3v) is 5.75. The molecule has 0 saturated carbocycles. The Hall–Kier alpha value is -3.49. The van der Waals surface area contributed by atoms with Crippen molar-refractivity contribution in [2.75, 3.05) is 46.1 Å². The average molecular weight is 411 g/mol. The van der Waals surface area contributed by atoms with Gasteiger partial charge in [-0.2, -0.15) is 0 Å². The number of benzene rings is 1. The SMILES string of the molecule is O=C(c1ccc2c(c1)OCO2)N1CC(C(=O)N2CCN(C(=O)c3ccco3)CC2)C1. The zero-order valence-electron chi connectivity index (χ0n) is 16.3. The van der Waals surface area contributed by atoms with Gasteiger partial charge in [0.15, 0.2) is 17.3 Å². The lowest BCUT2D eigenvalue weighted by atomic mass is 9.96. The summed E-state index contributed by atoms with van der Waals surface area (Å²) in [5.74, 6) is 1.07. The molecule has 30 heavy (non-hydrogen) atoms. The van der Waals surface area contributed by atoms with E-state index in [9.17, 15) is 14.4 Å². The molecule has 9 nitrogen and oxygen atoms in total. The summed E-state index contributed by atoms with van der Waals surface area (Å²) in [4.78, 5) is 42.9. The molecule has 1 aromatic carbocycles. The molecule has 9 heteroatoms. The molecule has 0 unspecified atom stereocenters. The molecular formula is C21H21N3O6. The monoisotopic (exact) mass is 411 g/mol. The number of piperazine rings is 1. The Morgan fingerprint density at radius 2 is 1.57 bits per heavy atom. The fraction of sp³-hybridized carbons (Fsp3) is 0.381. The lowest BCUT2D eigenvalue weighted by Gasteiger charge is -2.42. The second-order valence-electron chi connectivity index (χ2n) is 7.57. The first-order valence-electron chi connectivity index (χ1n) is 9.90. The minimum atomic E-state index is -0.199. The molecule has 156 valence electrons. The fourth-order valence-corrected chi connectivity index (χ4v) is 3.96. The smallest absolute Gasteiger partial charge is 0.289 e. The number of ether oxygens (including phenoxy) is 2. The van der Waals surface area contributed by atoms with Gasteiger partial charge in [-0.3, -0.25) is 14.4 Å². The topological polar surface area (TPSA) is 92.5 Å². The minimum Gasteiger partial charge on any atom is -0.459 e. The van der Waals surface area contributed by atoms with Crippen LogP contribution in [0.3, 0.4) is 0 Å². The molecule has 2 saturated heterocycles. The van der Waals surface area contributed by atoms with Crippen molar-refractivity contribution in [2.45, 2.75) is 0 Å². The second-order valence-corrected chi connectivity index (χ2v) is 7.57. The van der Waals surface area contributed by atoms with Gasteiger partial charge in [0, 0.05) is 44.8 Å². The van der Waals surface area contributed by atoms with E-state index in [0.717, 1.165) is 0 Å². The molecule has 0 atom stereocenters. The zero-order chi connectivity index (χ0) is 20.7. The highest BCUT2D eigenvalue weighted by Gasteiger charge is 2.39. The number of hydrogen-bond donors (Lipinski definition) is 0. The van der Waals surface area contributed by atoms with Gasteiger partial charge in [-0.05, 0) is 30.3 Å². The van der Waals surface area contributed by atoms with Gasteiger partial charge in [-0.25, -0.2) is 0 Å². The van der Waals surface area contributed by atoms with Gasteiger partial charge in [0.2, 0.25) is 12.7 Å². The van der Waals surface area contributed by atoms with Gasteiger partial charge >= 0.3 is 0 Å². The quantitative estimate of drug-likeness (QED) is 0.750. The van der Waals surface area contributed by atoms with Gasteiger partial charge in [0.1, 0.15) is 0 Å². The molecule has 0 aliphatic carbocycles. The summed E-state index contributed by atoms with van der Waals surface area (Å²) < 4.78 is 15.7. The molecule has 3 aliphatic heterocycles. The summed E-state index contributed by atoms with van der Waals surface area (Å²) in [5, 5.41) is 0. The highest BCUT2D eigenvalue weighted by Crippen LogP contribution is 2.33. The predicted octanol–water partition coefficient (Wildman–Crippen LogP) is 1.06. The largest absolute Gasteiger partial charge is 0.459 e. The summed E-state index contributed by atoms with van der Waals surface area (Å²) in [6, 6.07) is 8.43. The van der Waals surface area contributed by atoms with Crippen molar-refractivity contribution in [3.8, 4) is 11.5 Å². The molecule has 1 aromatic heterocycles. The van der Waals surface area contributed by atoms with Crippen LogP contribution in [-0.4, -0.2) is 78.5 Å². The Morgan fingerprint density at radius 1 is 0.833 bits per heavy atom. The lowest BCUT2D eigenvalue weighted by molar-refractivity contribution is -0.141. The lowest BCUT2D eigenvalue weighted by Crippen LogP contribution is -2.59. The van der Waals surface area contributed by atoms with Gasteiger partial charge in [-0.1, -0.05) is 0 Å². The first-order valence-corrected chi connectivity index (χ1v) is 9.90. The van der Waals surface area contributed by atoms with Crippen molar-refractivity contribution in [2.24, 2.45) is 5.92 Å². The first kappa shape index (κ1) is 18.5. The number of likely N-dealkylation sites (tertiary alicyclic amines) is 1. The summed E-state index contributed by atoms with van der Waals surface area (Å²) in [5.41, 5.74) is 0.523. The van der Waals surface area contributed by atoms with E-state index < -0.39 is 0 Å². The van der Waals surface area contributed by atoms with Crippen molar-refractivity contribution < 1.29 is 28.3 Å². The van der Waals surface area contributed by atoms with Crippen LogP contribution < -0.4 is 9.47 Å². The highest BCUT2D eigenvalue weighted by molar-refractivity contribution is 5.97. The zero-order valence-corrected chi connectivity index (χ0v) is 16.3. The molecule has 3 amide bonds. The van der Waals surface area contributed by atoms with Crippen LogP contribution in [0.2, 0.25) is 0 Å². The van der Waals surface area contributed by atoms with Crippen molar-refractivity contribution in [1.29, 1.82) is 0 Å². The van der Waals surface area contributed by atoms with E-state index in [1.807, 2.05) is 0 Å². The van der Waals surface area contributed by atoms with Gasteiger partial charge in [0.25, 0.3) is 11.8 Å². The van der Waals surface area contributed by atoms with Crippen molar-refractivity contribution in [3.63, 3.8) is 0 Å². The molecule has 0 spiro atoms. The number of carbonyl (C=O) groups is 3. The van der Waals surface area contributed by atoms with Gasteiger partial charge in [0.05, 0.1) is 12.2 Å². The average Bonchev–Trinajstić information content (AvgIpc) is 3.43. The van der Waals surface area contributed by atoms with Crippen LogP contribution in [0, 0.1) is 5.92 Å². The van der Waals surface area contributed by atoms with Crippen LogP contribution >= 0.6 is 0 Å². The van der Waals surface area contributed by atoms with Crippen LogP contribution in [0.1, 0.15) is 20.9 Å². The van der Waals surface area contributed by atoms with E-state index in [2.05, 4.69) is 0 Å². The predicted molar refractivity (Wildman–Crippen MR) is 103 cm³/mol. The van der Waals surface area contributed by atoms with Crippen LogP contribution in [-0.2, 0) is 4.79 Å². The molecule has 2 aromatic rings. The molecule has 2 fully saturated rings. The Labute approximate surface area is 172 Å². The Morgan fingerprint density at radius 3 is 2.30 bits per heavy atom. The maximum absolute atomic E-state index is 12.8. The number of hydrogen-bond acceptors (Lipinski definition) is 6. The number of nitrogens with zero attached hydrogens (tertiary/aromatic N) is 3. The summed E-state index contributed by atoms with van der Waals surface area (Å²) >= 11 is 0. The van der Waals surface area contributed by atoms with Crippen molar-refractivity contribution >= 4 is 17.7 Å². The van der Waals surface area contributed by atoms with Crippen LogP contribution in [0.4, 0.5) is 0 Å². The molecule has 0 N–H and O–H groups in total. The minimum absolute atomic E-state index is 0.0369. The van der Waals surface area contributed by atoms with Crippen molar-refractivity contribution in [3.05, 3.63) is 47.9 Å². The van der Waals surface area contributed by atoms with Gasteiger partial charge < -0.3 is 28.6 Å². The van der Waals surface area contributed by atoms with E-state index in [0.29, 0.717) is 62.1 Å². The molecule has 5 rings (SSSR count). The molecule has 3 aliphatic rings. The second kappa shape index (κ2) is 7.40. The number of carbonyl (C=O) groups excluding carboxylic acids is 3. The normalized spacial score (nSPS) is 18.3. The van der Waals surface area contributed by atoms with E-state index in [4.69, 9.17) is 13.9 Å². The maximum atomic E-state index is 12.8. The van der Waals surface area contributed by atoms with E-state index in [-0.39, 0.29) is 30.4 Å². The van der Waals surface area contributed by atoms with Crippen LogP contribution in [0.5, 0.6) is 11.5 Å². The fourth-order valence-electron chi connectivity index (χ4n) is 3.96. The molecule has 4 heterocycles. The standard InChI is InChI=1S/C21H21N3O6/c25-19(14-3-4-16-18(10-14)30-13-29-16)24-11-15(12-24)20(26)22-5-7-23(8-6-22)21(27)17-2-1-9-28-17/h1-4,9-10,15H,5-8,11-13H2. The molecule has 0 radical (unpaired) electrons. The van der Waals surface area contributed by atoms with Crippen molar-refractivity contribution in [1.82, 2.24) is 14.7 Å². The summed E-state index contributed by atoms with van der Waals surface area (Å²) in [7, 11) is 0. The molecular weight excluding hydrogens is 390 g/mol. The Balaban J connectivity index is 1.12. The number of rotatable bonds is 3. The third-order valence-electron chi connectivity index (χ3n) is 5.75. The van der Waals surface area contributed by atoms with E-state index >= 15 is 0 Å². The highest BCUT2D eigenvalue weighted by atomic mass is 16.7. The Kier molecular flexibility index (Phi) is 4.57. The number of amides is 3. The van der Waals surface area contributed by atoms with E-state index in [1.54, 1.807) is 45.0 Å². The van der Waals surface area contributed by atoms with Crippen LogP contribution in [0.25, 0.3) is 0 Å². The summed E-state index contributed by atoms with van der Waals surface area (Å²) in [6.45, 7) is 2.87. The number of furan rings is 1. The Bertz CT molecular complexity index is 975. The van der Waals surface area contributed by atoms with Crippen LogP contribution in [0.15, 0.2) is 41.0 Å². The van der Waals surface area contributed by atoms with Gasteiger partial charge in [-0.15, -0.1) is 0 Å². The number of fused-ring (bicyclic) bond motifs is 1. The van der Waals surface area contributed by atoms with E-state index in [1.165, 1.54) is 6.26 Å². The maximum Gasteiger partial charge on any atom is 0.289 e. The molecule has 0 bridgehead atoms. The first-order chi connectivity index (χ1) is 14.6. The summed E-state index contributed by atoms with van der Waals surface area (Å²) in [6.07, 6.45) is 1.47.